The first-order chi connectivity index (χ1) is 9.75. The Balaban J connectivity index is 1.57. The van der Waals surface area contributed by atoms with Crippen molar-refractivity contribution in [3.05, 3.63) is 71.8 Å². The zero-order valence-corrected chi connectivity index (χ0v) is 12.3. The molecule has 1 aliphatic carbocycles. The van der Waals surface area contributed by atoms with Gasteiger partial charge in [0.25, 0.3) is 0 Å². The summed E-state index contributed by atoms with van der Waals surface area (Å²) in [5, 5.41) is 3.80. The Morgan fingerprint density at radius 1 is 0.900 bits per heavy atom. The summed E-state index contributed by atoms with van der Waals surface area (Å²) < 4.78 is 0. The molecule has 1 aliphatic rings. The fourth-order valence-electron chi connectivity index (χ4n) is 2.98. The van der Waals surface area contributed by atoms with E-state index in [9.17, 15) is 0 Å². The van der Waals surface area contributed by atoms with Crippen molar-refractivity contribution in [2.24, 2.45) is 0 Å². The number of nitrogens with one attached hydrogen (secondary N) is 1. The van der Waals surface area contributed by atoms with Crippen LogP contribution in [0.25, 0.3) is 0 Å². The minimum absolute atomic E-state index is 0.510. The highest BCUT2D eigenvalue weighted by Gasteiger charge is 2.39. The van der Waals surface area contributed by atoms with Gasteiger partial charge in [0.15, 0.2) is 0 Å². The summed E-state index contributed by atoms with van der Waals surface area (Å²) in [7, 11) is 0. The maximum Gasteiger partial charge on any atom is 0.0145 e. The van der Waals surface area contributed by atoms with Crippen molar-refractivity contribution in [2.45, 2.75) is 44.2 Å². The molecule has 0 radical (unpaired) electrons. The molecule has 20 heavy (non-hydrogen) atoms. The average molecular weight is 265 g/mol. The molecule has 0 heterocycles. The van der Waals surface area contributed by atoms with Crippen molar-refractivity contribution < 1.29 is 0 Å². The van der Waals surface area contributed by atoms with Gasteiger partial charge >= 0.3 is 0 Å². The molecule has 1 N–H and O–H groups in total. The summed E-state index contributed by atoms with van der Waals surface area (Å²) in [5.41, 5.74) is 2.90. The lowest BCUT2D eigenvalue weighted by molar-refractivity contribution is 0.474. The van der Waals surface area contributed by atoms with Crippen LogP contribution in [-0.4, -0.2) is 12.1 Å². The number of hydrogen-bond acceptors (Lipinski definition) is 1. The lowest BCUT2D eigenvalue weighted by Crippen LogP contribution is -2.33. The molecule has 2 aromatic rings. The van der Waals surface area contributed by atoms with Gasteiger partial charge in [0.1, 0.15) is 0 Å². The van der Waals surface area contributed by atoms with E-state index >= 15 is 0 Å². The van der Waals surface area contributed by atoms with Gasteiger partial charge in [0.2, 0.25) is 0 Å². The van der Waals surface area contributed by atoms with Crippen LogP contribution in [0.15, 0.2) is 60.7 Å². The summed E-state index contributed by atoms with van der Waals surface area (Å²) in [4.78, 5) is 0. The molecular formula is C19H23N. The largest absolute Gasteiger partial charge is 0.310 e. The zero-order valence-electron chi connectivity index (χ0n) is 12.3. The van der Waals surface area contributed by atoms with Crippen LogP contribution in [0.1, 0.15) is 43.2 Å². The van der Waals surface area contributed by atoms with Gasteiger partial charge in [-0.15, -0.1) is 0 Å². The molecule has 1 nitrogen and oxygen atoms in total. The standard InChI is InChI=1S/C19H23N/c1-14(16-9-5-3-6-10-16)15(2)20-19-13-18(19)17-11-7-4-8-12-17/h3-12,14-15,18-20H,13H2,1-2H3/t14-,15-,18-,19-/m0/s1. The van der Waals surface area contributed by atoms with E-state index in [0.717, 1.165) is 0 Å². The van der Waals surface area contributed by atoms with E-state index in [1.54, 1.807) is 0 Å². The second kappa shape index (κ2) is 5.80. The third-order valence-corrected chi connectivity index (χ3v) is 4.57. The van der Waals surface area contributed by atoms with Crippen LogP contribution in [-0.2, 0) is 0 Å². The van der Waals surface area contributed by atoms with E-state index < -0.39 is 0 Å². The fraction of sp³-hybridized carbons (Fsp3) is 0.368. The molecular weight excluding hydrogens is 242 g/mol. The van der Waals surface area contributed by atoms with E-state index in [1.807, 2.05) is 0 Å². The maximum atomic E-state index is 3.80. The van der Waals surface area contributed by atoms with Crippen LogP contribution >= 0.6 is 0 Å². The van der Waals surface area contributed by atoms with Crippen LogP contribution < -0.4 is 5.32 Å². The first kappa shape index (κ1) is 13.4. The van der Waals surface area contributed by atoms with Crippen molar-refractivity contribution in [3.63, 3.8) is 0 Å². The molecule has 0 spiro atoms. The lowest BCUT2D eigenvalue weighted by atomic mass is 9.94. The van der Waals surface area contributed by atoms with Gasteiger partial charge < -0.3 is 5.32 Å². The van der Waals surface area contributed by atoms with Crippen LogP contribution in [0.3, 0.4) is 0 Å². The first-order valence-corrected chi connectivity index (χ1v) is 7.61. The molecule has 104 valence electrons. The Labute approximate surface area is 122 Å². The van der Waals surface area contributed by atoms with Crippen molar-refractivity contribution in [2.75, 3.05) is 0 Å². The molecule has 0 unspecified atom stereocenters. The first-order valence-electron chi connectivity index (χ1n) is 7.61. The Hall–Kier alpha value is -1.60. The number of rotatable bonds is 5. The zero-order chi connectivity index (χ0) is 13.9. The second-order valence-electron chi connectivity index (χ2n) is 6.01. The molecule has 1 fully saturated rings. The topological polar surface area (TPSA) is 12.0 Å². The van der Waals surface area contributed by atoms with E-state index in [1.165, 1.54) is 17.5 Å². The monoisotopic (exact) mass is 265 g/mol. The van der Waals surface area contributed by atoms with E-state index in [0.29, 0.717) is 23.9 Å². The second-order valence-corrected chi connectivity index (χ2v) is 6.01. The molecule has 2 aromatic carbocycles. The molecule has 0 aromatic heterocycles. The van der Waals surface area contributed by atoms with E-state index in [2.05, 4.69) is 79.8 Å². The number of benzene rings is 2. The average Bonchev–Trinajstić information content (AvgIpc) is 3.27. The summed E-state index contributed by atoms with van der Waals surface area (Å²) in [5.74, 6) is 1.26. The molecule has 4 atom stereocenters. The van der Waals surface area contributed by atoms with Crippen LogP contribution in [0.5, 0.6) is 0 Å². The smallest absolute Gasteiger partial charge is 0.0145 e. The molecule has 1 heteroatoms. The highest BCUT2D eigenvalue weighted by Crippen LogP contribution is 2.41. The Kier molecular flexibility index (Phi) is 3.88. The predicted molar refractivity (Wildman–Crippen MR) is 85.0 cm³/mol. The van der Waals surface area contributed by atoms with Gasteiger partial charge in [-0.05, 0) is 30.4 Å². The maximum absolute atomic E-state index is 3.80. The molecule has 0 saturated heterocycles. The molecule has 3 rings (SSSR count). The summed E-state index contributed by atoms with van der Waals surface area (Å²) >= 11 is 0. The Bertz CT molecular complexity index is 534. The third-order valence-electron chi connectivity index (χ3n) is 4.57. The molecule has 0 bridgehead atoms. The summed E-state index contributed by atoms with van der Waals surface area (Å²) in [6, 6.07) is 22.8. The van der Waals surface area contributed by atoms with Gasteiger partial charge in [-0.3, -0.25) is 0 Å². The van der Waals surface area contributed by atoms with Crippen LogP contribution in [0.4, 0.5) is 0 Å². The van der Waals surface area contributed by atoms with Gasteiger partial charge in [-0.1, -0.05) is 67.6 Å². The van der Waals surface area contributed by atoms with Crippen molar-refractivity contribution in [1.82, 2.24) is 5.32 Å². The highest BCUT2D eigenvalue weighted by atomic mass is 15.0. The van der Waals surface area contributed by atoms with Gasteiger partial charge in [-0.25, -0.2) is 0 Å². The molecule has 0 aliphatic heterocycles. The van der Waals surface area contributed by atoms with Crippen molar-refractivity contribution in [3.8, 4) is 0 Å². The SMILES string of the molecule is C[C@H](N[C@H]1C[C@H]1c1ccccc1)[C@H](C)c1ccccc1. The normalized spacial score (nSPS) is 24.1. The van der Waals surface area contributed by atoms with Crippen molar-refractivity contribution in [1.29, 1.82) is 0 Å². The predicted octanol–water partition coefficient (Wildman–Crippen LogP) is 4.32. The summed E-state index contributed by atoms with van der Waals surface area (Å²) in [6.07, 6.45) is 1.27. The quantitative estimate of drug-likeness (QED) is 0.848. The van der Waals surface area contributed by atoms with Gasteiger partial charge in [0, 0.05) is 18.0 Å². The lowest BCUT2D eigenvalue weighted by Gasteiger charge is -2.22. The van der Waals surface area contributed by atoms with Crippen molar-refractivity contribution >= 4 is 0 Å². The Morgan fingerprint density at radius 2 is 1.50 bits per heavy atom. The fourth-order valence-corrected chi connectivity index (χ4v) is 2.98. The highest BCUT2D eigenvalue weighted by molar-refractivity contribution is 5.28. The van der Waals surface area contributed by atoms with Gasteiger partial charge in [0.05, 0.1) is 0 Å². The summed E-state index contributed by atoms with van der Waals surface area (Å²) in [6.45, 7) is 4.62. The van der Waals surface area contributed by atoms with Crippen LogP contribution in [0, 0.1) is 0 Å². The minimum Gasteiger partial charge on any atom is -0.310 e. The Morgan fingerprint density at radius 3 is 2.15 bits per heavy atom. The number of hydrogen-bond donors (Lipinski definition) is 1. The van der Waals surface area contributed by atoms with E-state index in [-0.39, 0.29) is 0 Å². The third kappa shape index (κ3) is 2.94. The van der Waals surface area contributed by atoms with E-state index in [4.69, 9.17) is 0 Å². The van der Waals surface area contributed by atoms with Crippen LogP contribution in [0.2, 0.25) is 0 Å². The van der Waals surface area contributed by atoms with Gasteiger partial charge in [-0.2, -0.15) is 0 Å². The molecule has 0 amide bonds. The minimum atomic E-state index is 0.510. The molecule has 1 saturated carbocycles.